The van der Waals surface area contributed by atoms with Crippen molar-refractivity contribution in [1.82, 2.24) is 0 Å². The molecule has 0 bridgehead atoms. The van der Waals surface area contributed by atoms with Gasteiger partial charge in [0, 0.05) is 5.41 Å². The van der Waals surface area contributed by atoms with Crippen molar-refractivity contribution in [2.75, 3.05) is 6.61 Å². The summed E-state index contributed by atoms with van der Waals surface area (Å²) in [4.78, 5) is 0. The van der Waals surface area contributed by atoms with Crippen molar-refractivity contribution in [1.29, 1.82) is 0 Å². The molecular formula is C24H28O. The van der Waals surface area contributed by atoms with Crippen LogP contribution in [0.3, 0.4) is 0 Å². The van der Waals surface area contributed by atoms with E-state index in [2.05, 4.69) is 68.6 Å². The van der Waals surface area contributed by atoms with Crippen LogP contribution < -0.4 is 0 Å². The van der Waals surface area contributed by atoms with E-state index >= 15 is 0 Å². The molecule has 0 aliphatic heterocycles. The van der Waals surface area contributed by atoms with E-state index in [1.807, 2.05) is 12.1 Å². The van der Waals surface area contributed by atoms with Crippen molar-refractivity contribution in [2.24, 2.45) is 11.3 Å². The van der Waals surface area contributed by atoms with E-state index in [4.69, 9.17) is 0 Å². The Morgan fingerprint density at radius 3 is 2.32 bits per heavy atom. The maximum Gasteiger partial charge on any atom is 0.0522 e. The Balaban J connectivity index is 1.91. The number of aliphatic hydroxyl groups is 1. The number of hydrogen-bond donors (Lipinski definition) is 1. The highest BCUT2D eigenvalue weighted by molar-refractivity contribution is 5.63. The number of hydrogen-bond acceptors (Lipinski definition) is 1. The van der Waals surface area contributed by atoms with Crippen molar-refractivity contribution < 1.29 is 5.11 Å². The zero-order valence-corrected chi connectivity index (χ0v) is 15.1. The minimum Gasteiger partial charge on any atom is -0.395 e. The second-order valence-corrected chi connectivity index (χ2v) is 7.51. The molecule has 1 N–H and O–H groups in total. The number of aliphatic hydroxyl groups excluding tert-OH is 1. The minimum absolute atomic E-state index is 0.158. The first-order valence-corrected chi connectivity index (χ1v) is 9.14. The van der Waals surface area contributed by atoms with Gasteiger partial charge in [-0.1, -0.05) is 72.8 Å². The lowest BCUT2D eigenvalue weighted by Crippen LogP contribution is -2.34. The quantitative estimate of drug-likeness (QED) is 0.668. The maximum atomic E-state index is 9.93. The van der Waals surface area contributed by atoms with E-state index < -0.39 is 0 Å². The van der Waals surface area contributed by atoms with Crippen LogP contribution in [0.2, 0.25) is 0 Å². The van der Waals surface area contributed by atoms with Gasteiger partial charge in [-0.05, 0) is 54.7 Å². The van der Waals surface area contributed by atoms with Crippen LogP contribution in [0.25, 0.3) is 11.1 Å². The van der Waals surface area contributed by atoms with Gasteiger partial charge in [0.2, 0.25) is 0 Å². The molecule has 2 aromatic carbocycles. The third-order valence-corrected chi connectivity index (χ3v) is 5.89. The highest BCUT2D eigenvalue weighted by Crippen LogP contribution is 2.49. The molecule has 3 atom stereocenters. The highest BCUT2D eigenvalue weighted by Gasteiger charge is 2.39. The van der Waals surface area contributed by atoms with Crippen molar-refractivity contribution in [3.05, 3.63) is 85.0 Å². The van der Waals surface area contributed by atoms with Gasteiger partial charge in [0.1, 0.15) is 0 Å². The topological polar surface area (TPSA) is 20.2 Å². The zero-order valence-electron chi connectivity index (χ0n) is 15.1. The van der Waals surface area contributed by atoms with Crippen LogP contribution in [0.5, 0.6) is 0 Å². The molecule has 3 rings (SSSR count). The SMILES string of the molecule is C=C[C@]1(CO)CC[C@@H](C(=C)C)[C@H](c2ccc(-c3ccccc3)cc2)C1. The van der Waals surface area contributed by atoms with E-state index in [1.54, 1.807) is 0 Å². The van der Waals surface area contributed by atoms with E-state index in [-0.39, 0.29) is 12.0 Å². The third-order valence-electron chi connectivity index (χ3n) is 5.89. The van der Waals surface area contributed by atoms with Crippen LogP contribution in [0.15, 0.2) is 79.4 Å². The van der Waals surface area contributed by atoms with Crippen molar-refractivity contribution >= 4 is 0 Å². The lowest BCUT2D eigenvalue weighted by molar-refractivity contribution is 0.100. The van der Waals surface area contributed by atoms with E-state index in [9.17, 15) is 5.11 Å². The van der Waals surface area contributed by atoms with Crippen LogP contribution >= 0.6 is 0 Å². The Labute approximate surface area is 151 Å². The average Bonchev–Trinajstić information content (AvgIpc) is 2.68. The van der Waals surface area contributed by atoms with Gasteiger partial charge < -0.3 is 5.11 Å². The maximum absolute atomic E-state index is 9.93. The molecule has 130 valence electrons. The Kier molecular flexibility index (Phi) is 5.24. The van der Waals surface area contributed by atoms with Gasteiger partial charge in [-0.3, -0.25) is 0 Å². The van der Waals surface area contributed by atoms with Gasteiger partial charge in [-0.15, -0.1) is 6.58 Å². The minimum atomic E-state index is -0.158. The van der Waals surface area contributed by atoms with Gasteiger partial charge in [-0.25, -0.2) is 0 Å². The van der Waals surface area contributed by atoms with Crippen LogP contribution in [-0.2, 0) is 0 Å². The second kappa shape index (κ2) is 7.41. The van der Waals surface area contributed by atoms with Crippen LogP contribution in [0, 0.1) is 11.3 Å². The zero-order chi connectivity index (χ0) is 17.9. The Bertz CT molecular complexity index is 728. The summed E-state index contributed by atoms with van der Waals surface area (Å²) < 4.78 is 0. The van der Waals surface area contributed by atoms with Crippen molar-refractivity contribution in [2.45, 2.75) is 32.1 Å². The van der Waals surface area contributed by atoms with Gasteiger partial charge >= 0.3 is 0 Å². The molecule has 0 aromatic heterocycles. The molecule has 1 fully saturated rings. The Hall–Kier alpha value is -2.12. The molecule has 25 heavy (non-hydrogen) atoms. The Morgan fingerprint density at radius 1 is 1.12 bits per heavy atom. The predicted octanol–water partition coefficient (Wildman–Crippen LogP) is 5.98. The molecule has 0 amide bonds. The number of rotatable bonds is 5. The smallest absolute Gasteiger partial charge is 0.0522 e. The molecule has 1 saturated carbocycles. The molecule has 2 aromatic rings. The summed E-state index contributed by atoms with van der Waals surface area (Å²) in [5.74, 6) is 0.864. The fourth-order valence-electron chi connectivity index (χ4n) is 4.21. The molecule has 1 heteroatoms. The summed E-state index contributed by atoms with van der Waals surface area (Å²) in [5, 5.41) is 9.93. The first-order valence-electron chi connectivity index (χ1n) is 9.14. The lowest BCUT2D eigenvalue weighted by Gasteiger charge is -2.43. The lowest BCUT2D eigenvalue weighted by atomic mass is 9.62. The van der Waals surface area contributed by atoms with Gasteiger partial charge in [0.25, 0.3) is 0 Å². The van der Waals surface area contributed by atoms with Gasteiger partial charge in [-0.2, -0.15) is 0 Å². The summed E-state index contributed by atoms with van der Waals surface area (Å²) in [6.45, 7) is 10.5. The summed E-state index contributed by atoms with van der Waals surface area (Å²) in [6, 6.07) is 19.4. The van der Waals surface area contributed by atoms with Crippen LogP contribution in [0.4, 0.5) is 0 Å². The van der Waals surface area contributed by atoms with Crippen LogP contribution in [0.1, 0.15) is 37.7 Å². The van der Waals surface area contributed by atoms with Crippen molar-refractivity contribution in [3.8, 4) is 11.1 Å². The largest absolute Gasteiger partial charge is 0.395 e. The standard InChI is InChI=1S/C24H28O/c1-4-24(17-25)15-14-22(18(2)3)23(16-24)21-12-10-20(11-13-21)19-8-6-5-7-9-19/h4-13,22-23,25H,1-2,14-17H2,3H3/t22-,23-,24-/m0/s1. The van der Waals surface area contributed by atoms with E-state index in [0.717, 1.165) is 19.3 Å². The third kappa shape index (κ3) is 3.62. The fraction of sp³-hybridized carbons (Fsp3) is 0.333. The molecule has 1 nitrogen and oxygen atoms in total. The monoisotopic (exact) mass is 332 g/mol. The van der Waals surface area contributed by atoms with Crippen molar-refractivity contribution in [3.63, 3.8) is 0 Å². The average molecular weight is 332 g/mol. The van der Waals surface area contributed by atoms with Gasteiger partial charge in [0.15, 0.2) is 0 Å². The molecule has 0 heterocycles. The molecule has 0 unspecified atom stereocenters. The number of allylic oxidation sites excluding steroid dienone is 1. The fourth-order valence-corrected chi connectivity index (χ4v) is 4.21. The van der Waals surface area contributed by atoms with Crippen LogP contribution in [-0.4, -0.2) is 11.7 Å². The Morgan fingerprint density at radius 2 is 1.76 bits per heavy atom. The first-order chi connectivity index (χ1) is 12.1. The molecule has 1 aliphatic carbocycles. The second-order valence-electron chi connectivity index (χ2n) is 7.51. The molecule has 0 spiro atoms. The summed E-state index contributed by atoms with van der Waals surface area (Å²) in [7, 11) is 0. The summed E-state index contributed by atoms with van der Waals surface area (Å²) in [6.07, 6.45) is 4.96. The van der Waals surface area contributed by atoms with E-state index in [1.165, 1.54) is 22.3 Å². The number of benzene rings is 2. The molecule has 1 aliphatic rings. The van der Waals surface area contributed by atoms with E-state index in [0.29, 0.717) is 11.8 Å². The summed E-state index contributed by atoms with van der Waals surface area (Å²) >= 11 is 0. The molecular weight excluding hydrogens is 304 g/mol. The van der Waals surface area contributed by atoms with Gasteiger partial charge in [0.05, 0.1) is 6.61 Å². The normalized spacial score (nSPS) is 26.2. The molecule has 0 saturated heterocycles. The first kappa shape index (κ1) is 17.7. The molecule has 0 radical (unpaired) electrons. The summed E-state index contributed by atoms with van der Waals surface area (Å²) in [5.41, 5.74) is 4.91. The highest BCUT2D eigenvalue weighted by atomic mass is 16.3. The predicted molar refractivity (Wildman–Crippen MR) is 106 cm³/mol.